The van der Waals surface area contributed by atoms with E-state index in [0.717, 1.165) is 10.9 Å². The monoisotopic (exact) mass is 367 g/mol. The SMILES string of the molecule is CCOc1ccc(Nc2nc(CCl)nc3ccccc23)c(F)c1.Cl. The van der Waals surface area contributed by atoms with Gasteiger partial charge in [0.1, 0.15) is 23.2 Å². The topological polar surface area (TPSA) is 47.0 Å². The molecule has 0 amide bonds. The summed E-state index contributed by atoms with van der Waals surface area (Å²) in [7, 11) is 0. The maximum absolute atomic E-state index is 14.2. The number of para-hydroxylation sites is 1. The Balaban J connectivity index is 0.00000208. The molecule has 1 aromatic heterocycles. The molecular weight excluding hydrogens is 352 g/mol. The average molecular weight is 368 g/mol. The van der Waals surface area contributed by atoms with E-state index in [1.807, 2.05) is 31.2 Å². The van der Waals surface area contributed by atoms with Crippen molar-refractivity contribution in [3.05, 3.63) is 54.1 Å². The van der Waals surface area contributed by atoms with Crippen LogP contribution in [0, 0.1) is 5.82 Å². The van der Waals surface area contributed by atoms with Crippen LogP contribution in [0.1, 0.15) is 12.7 Å². The van der Waals surface area contributed by atoms with Crippen LogP contribution in [0.25, 0.3) is 10.9 Å². The zero-order chi connectivity index (χ0) is 16.2. The molecular formula is C17H16Cl2FN3O. The molecule has 0 bridgehead atoms. The maximum Gasteiger partial charge on any atom is 0.150 e. The highest BCUT2D eigenvalue weighted by atomic mass is 35.5. The number of ether oxygens (including phenoxy) is 1. The number of anilines is 2. The minimum absolute atomic E-state index is 0. The lowest BCUT2D eigenvalue weighted by Gasteiger charge is -2.12. The zero-order valence-corrected chi connectivity index (χ0v) is 14.5. The normalized spacial score (nSPS) is 10.3. The lowest BCUT2D eigenvalue weighted by Crippen LogP contribution is -2.02. The van der Waals surface area contributed by atoms with Crippen LogP contribution in [-0.2, 0) is 5.88 Å². The van der Waals surface area contributed by atoms with Crippen LogP contribution in [0.3, 0.4) is 0 Å². The Morgan fingerprint density at radius 3 is 2.67 bits per heavy atom. The van der Waals surface area contributed by atoms with Gasteiger partial charge in [0.15, 0.2) is 0 Å². The fourth-order valence-electron chi connectivity index (χ4n) is 2.26. The summed E-state index contributed by atoms with van der Waals surface area (Å²) >= 11 is 5.85. The molecule has 4 nitrogen and oxygen atoms in total. The minimum atomic E-state index is -0.411. The summed E-state index contributed by atoms with van der Waals surface area (Å²) in [5.74, 6) is 1.27. The number of aromatic nitrogens is 2. The summed E-state index contributed by atoms with van der Waals surface area (Å²) in [5.41, 5.74) is 1.07. The Labute approximate surface area is 150 Å². The minimum Gasteiger partial charge on any atom is -0.494 e. The number of fused-ring (bicyclic) bond motifs is 1. The Morgan fingerprint density at radius 1 is 1.17 bits per heavy atom. The van der Waals surface area contributed by atoms with Crippen molar-refractivity contribution in [2.75, 3.05) is 11.9 Å². The van der Waals surface area contributed by atoms with Gasteiger partial charge in [-0.15, -0.1) is 24.0 Å². The second-order valence-corrected chi connectivity index (χ2v) is 5.11. The van der Waals surface area contributed by atoms with Crippen LogP contribution in [0.2, 0.25) is 0 Å². The molecule has 0 aliphatic carbocycles. The van der Waals surface area contributed by atoms with E-state index < -0.39 is 5.82 Å². The second-order valence-electron chi connectivity index (χ2n) is 4.84. The molecule has 24 heavy (non-hydrogen) atoms. The van der Waals surface area contributed by atoms with E-state index in [9.17, 15) is 4.39 Å². The largest absolute Gasteiger partial charge is 0.494 e. The van der Waals surface area contributed by atoms with Crippen molar-refractivity contribution in [1.82, 2.24) is 9.97 Å². The zero-order valence-electron chi connectivity index (χ0n) is 12.9. The molecule has 0 atom stereocenters. The summed E-state index contributed by atoms with van der Waals surface area (Å²) in [4.78, 5) is 8.72. The van der Waals surface area contributed by atoms with E-state index in [0.29, 0.717) is 29.7 Å². The van der Waals surface area contributed by atoms with E-state index in [2.05, 4.69) is 15.3 Å². The molecule has 0 spiro atoms. The van der Waals surface area contributed by atoms with Crippen LogP contribution in [-0.4, -0.2) is 16.6 Å². The van der Waals surface area contributed by atoms with Gasteiger partial charge in [-0.3, -0.25) is 0 Å². The predicted octanol–water partition coefficient (Wildman–Crippen LogP) is 5.07. The lowest BCUT2D eigenvalue weighted by molar-refractivity contribution is 0.338. The van der Waals surface area contributed by atoms with E-state index in [4.69, 9.17) is 16.3 Å². The third kappa shape index (κ3) is 3.86. The number of rotatable bonds is 5. The van der Waals surface area contributed by atoms with E-state index >= 15 is 0 Å². The highest BCUT2D eigenvalue weighted by Gasteiger charge is 2.10. The highest BCUT2D eigenvalue weighted by molar-refractivity contribution is 6.16. The van der Waals surface area contributed by atoms with Crippen LogP contribution in [0.5, 0.6) is 5.75 Å². The van der Waals surface area contributed by atoms with Crippen molar-refractivity contribution in [2.24, 2.45) is 0 Å². The van der Waals surface area contributed by atoms with Crippen molar-refractivity contribution in [2.45, 2.75) is 12.8 Å². The summed E-state index contributed by atoms with van der Waals surface area (Å²) < 4.78 is 19.5. The predicted molar refractivity (Wildman–Crippen MR) is 97.2 cm³/mol. The van der Waals surface area contributed by atoms with Crippen LogP contribution >= 0.6 is 24.0 Å². The van der Waals surface area contributed by atoms with Crippen LogP contribution in [0.15, 0.2) is 42.5 Å². The third-order valence-electron chi connectivity index (χ3n) is 3.27. The molecule has 0 radical (unpaired) electrons. The van der Waals surface area contributed by atoms with Gasteiger partial charge in [0.25, 0.3) is 0 Å². The van der Waals surface area contributed by atoms with Gasteiger partial charge >= 0.3 is 0 Å². The molecule has 1 heterocycles. The molecule has 0 unspecified atom stereocenters. The van der Waals surface area contributed by atoms with E-state index in [1.165, 1.54) is 6.07 Å². The maximum atomic E-state index is 14.2. The molecule has 126 valence electrons. The first-order valence-electron chi connectivity index (χ1n) is 7.22. The van der Waals surface area contributed by atoms with Gasteiger partial charge < -0.3 is 10.1 Å². The first-order chi connectivity index (χ1) is 11.2. The number of hydrogen-bond donors (Lipinski definition) is 1. The van der Waals surface area contributed by atoms with Gasteiger partial charge in [0, 0.05) is 11.5 Å². The molecule has 3 aromatic rings. The molecule has 1 N–H and O–H groups in total. The first kappa shape index (κ1) is 18.2. The quantitative estimate of drug-likeness (QED) is 0.639. The Morgan fingerprint density at radius 2 is 1.96 bits per heavy atom. The van der Waals surface area contributed by atoms with Gasteiger partial charge in [-0.2, -0.15) is 0 Å². The van der Waals surface area contributed by atoms with E-state index in [1.54, 1.807) is 12.1 Å². The Kier molecular flexibility index (Phi) is 6.17. The van der Waals surface area contributed by atoms with E-state index in [-0.39, 0.29) is 18.3 Å². The van der Waals surface area contributed by atoms with Crippen molar-refractivity contribution >= 4 is 46.4 Å². The van der Waals surface area contributed by atoms with Crippen molar-refractivity contribution in [3.8, 4) is 5.75 Å². The number of benzene rings is 2. The Hall–Kier alpha value is -2.11. The third-order valence-corrected chi connectivity index (χ3v) is 3.51. The molecule has 0 saturated heterocycles. The van der Waals surface area contributed by atoms with Gasteiger partial charge in [0.05, 0.1) is 23.7 Å². The molecule has 0 aliphatic rings. The lowest BCUT2D eigenvalue weighted by atomic mass is 10.2. The molecule has 0 saturated carbocycles. The van der Waals surface area contributed by atoms with Crippen molar-refractivity contribution in [1.29, 1.82) is 0 Å². The highest BCUT2D eigenvalue weighted by Crippen LogP contribution is 2.27. The van der Waals surface area contributed by atoms with Gasteiger partial charge in [-0.25, -0.2) is 14.4 Å². The van der Waals surface area contributed by atoms with Crippen molar-refractivity contribution in [3.63, 3.8) is 0 Å². The van der Waals surface area contributed by atoms with Gasteiger partial charge in [-0.05, 0) is 31.2 Å². The molecule has 0 fully saturated rings. The number of nitrogens with one attached hydrogen (secondary N) is 1. The average Bonchev–Trinajstić information content (AvgIpc) is 2.57. The van der Waals surface area contributed by atoms with Crippen LogP contribution < -0.4 is 10.1 Å². The summed E-state index contributed by atoms with van der Waals surface area (Å²) in [6.07, 6.45) is 0. The van der Waals surface area contributed by atoms with Crippen molar-refractivity contribution < 1.29 is 9.13 Å². The molecule has 0 aliphatic heterocycles. The van der Waals surface area contributed by atoms with Gasteiger partial charge in [-0.1, -0.05) is 12.1 Å². The van der Waals surface area contributed by atoms with Crippen LogP contribution in [0.4, 0.5) is 15.9 Å². The molecule has 3 rings (SSSR count). The molecule has 7 heteroatoms. The summed E-state index contributed by atoms with van der Waals surface area (Å²) in [5, 5.41) is 3.82. The number of halogens is 3. The number of nitrogens with zero attached hydrogens (tertiary/aromatic N) is 2. The second kappa shape index (κ2) is 8.13. The number of hydrogen-bond acceptors (Lipinski definition) is 4. The number of alkyl halides is 1. The first-order valence-corrected chi connectivity index (χ1v) is 7.75. The fraction of sp³-hybridized carbons (Fsp3) is 0.176. The molecule has 2 aromatic carbocycles. The Bertz CT molecular complexity index is 845. The smallest absolute Gasteiger partial charge is 0.150 e. The summed E-state index contributed by atoms with van der Waals surface area (Å²) in [6, 6.07) is 12.2. The summed E-state index contributed by atoms with van der Waals surface area (Å²) in [6.45, 7) is 2.34. The fourth-order valence-corrected chi connectivity index (χ4v) is 2.38. The standard InChI is InChI=1S/C17H15ClFN3O.ClH/c1-2-23-11-7-8-15(13(19)9-11)21-17-12-5-3-4-6-14(12)20-16(10-18)22-17;/h3-9H,2,10H2,1H3,(H,20,21,22);1H. The van der Waals surface area contributed by atoms with Gasteiger partial charge in [0.2, 0.25) is 0 Å².